The minimum Gasteiger partial charge on any atom is -0.468 e. The second kappa shape index (κ2) is 3.69. The summed E-state index contributed by atoms with van der Waals surface area (Å²) in [6.45, 7) is 3.60. The smallest absolute Gasteiger partial charge is 0.324 e. The van der Waals surface area contributed by atoms with E-state index in [9.17, 15) is 4.79 Å². The molecule has 11 heavy (non-hydrogen) atoms. The second-order valence-corrected chi connectivity index (χ2v) is 2.80. The first-order chi connectivity index (χ1) is 5.24. The van der Waals surface area contributed by atoms with E-state index in [1.807, 2.05) is 6.92 Å². The van der Waals surface area contributed by atoms with Crippen molar-refractivity contribution in [1.82, 2.24) is 10.6 Å². The van der Waals surface area contributed by atoms with E-state index in [-0.39, 0.29) is 12.0 Å². The van der Waals surface area contributed by atoms with Gasteiger partial charge in [-0.2, -0.15) is 0 Å². The lowest BCUT2D eigenvalue weighted by molar-refractivity contribution is -0.143. The third kappa shape index (κ3) is 2.17. The minimum atomic E-state index is -0.191. The molecule has 0 aromatic carbocycles. The number of rotatable bonds is 1. The number of nitrogens with one attached hydrogen (secondary N) is 2. The van der Waals surface area contributed by atoms with Crippen molar-refractivity contribution in [2.45, 2.75) is 19.0 Å². The van der Waals surface area contributed by atoms with Gasteiger partial charge >= 0.3 is 5.97 Å². The molecular formula is C7H14N2O2. The van der Waals surface area contributed by atoms with Gasteiger partial charge in [-0.15, -0.1) is 0 Å². The monoisotopic (exact) mass is 158 g/mol. The van der Waals surface area contributed by atoms with Gasteiger partial charge in [0.2, 0.25) is 0 Å². The van der Waals surface area contributed by atoms with Gasteiger partial charge in [-0.1, -0.05) is 0 Å². The Labute approximate surface area is 66.3 Å². The third-order valence-corrected chi connectivity index (χ3v) is 1.77. The molecule has 4 nitrogen and oxygen atoms in total. The lowest BCUT2D eigenvalue weighted by Crippen LogP contribution is -2.57. The summed E-state index contributed by atoms with van der Waals surface area (Å²) in [6.07, 6.45) is 0. The average molecular weight is 158 g/mol. The molecule has 0 bridgehead atoms. The second-order valence-electron chi connectivity index (χ2n) is 2.80. The predicted octanol–water partition coefficient (Wildman–Crippen LogP) is -0.891. The van der Waals surface area contributed by atoms with Gasteiger partial charge in [-0.3, -0.25) is 10.1 Å². The van der Waals surface area contributed by atoms with Crippen LogP contribution >= 0.6 is 0 Å². The van der Waals surface area contributed by atoms with Crippen molar-refractivity contribution in [2.24, 2.45) is 0 Å². The fourth-order valence-corrected chi connectivity index (χ4v) is 1.20. The molecule has 1 fully saturated rings. The molecule has 1 aliphatic heterocycles. The van der Waals surface area contributed by atoms with Crippen LogP contribution < -0.4 is 10.6 Å². The largest absolute Gasteiger partial charge is 0.468 e. The van der Waals surface area contributed by atoms with Crippen LogP contribution in [0.15, 0.2) is 0 Å². The van der Waals surface area contributed by atoms with Crippen LogP contribution in [0.4, 0.5) is 0 Å². The number of piperazine rings is 1. The summed E-state index contributed by atoms with van der Waals surface area (Å²) in [4.78, 5) is 11.0. The molecule has 0 saturated carbocycles. The molecule has 0 amide bonds. The molecule has 0 radical (unpaired) electrons. The van der Waals surface area contributed by atoms with Crippen LogP contribution in [0.3, 0.4) is 0 Å². The number of carbonyl (C=O) groups excluding carboxylic acids is 1. The van der Waals surface area contributed by atoms with Crippen molar-refractivity contribution in [3.8, 4) is 0 Å². The first-order valence-corrected chi connectivity index (χ1v) is 3.78. The van der Waals surface area contributed by atoms with Crippen LogP contribution in [0.1, 0.15) is 6.92 Å². The zero-order valence-electron chi connectivity index (χ0n) is 6.89. The normalized spacial score (nSPS) is 31.5. The topological polar surface area (TPSA) is 50.4 Å². The highest BCUT2D eigenvalue weighted by molar-refractivity contribution is 5.76. The van der Waals surface area contributed by atoms with Crippen molar-refractivity contribution in [3.05, 3.63) is 0 Å². The zero-order chi connectivity index (χ0) is 8.27. The molecule has 0 aromatic rings. The molecule has 0 aliphatic carbocycles. The lowest BCUT2D eigenvalue weighted by atomic mass is 10.2. The summed E-state index contributed by atoms with van der Waals surface area (Å²) in [5.74, 6) is -0.191. The summed E-state index contributed by atoms with van der Waals surface area (Å²) < 4.78 is 4.60. The van der Waals surface area contributed by atoms with Gasteiger partial charge in [0.15, 0.2) is 0 Å². The van der Waals surface area contributed by atoms with Gasteiger partial charge in [0, 0.05) is 19.1 Å². The first-order valence-electron chi connectivity index (χ1n) is 3.78. The zero-order valence-corrected chi connectivity index (χ0v) is 6.89. The maximum absolute atomic E-state index is 11.0. The Morgan fingerprint density at radius 3 is 2.82 bits per heavy atom. The Bertz CT molecular complexity index is 149. The number of ether oxygens (including phenoxy) is 1. The Balaban J connectivity index is 2.39. The van der Waals surface area contributed by atoms with E-state index < -0.39 is 0 Å². The van der Waals surface area contributed by atoms with E-state index in [1.54, 1.807) is 0 Å². The third-order valence-electron chi connectivity index (χ3n) is 1.77. The van der Waals surface area contributed by atoms with Crippen LogP contribution in [0, 0.1) is 0 Å². The molecule has 0 aromatic heterocycles. The number of esters is 1. The quantitative estimate of drug-likeness (QED) is 0.486. The van der Waals surface area contributed by atoms with Crippen molar-refractivity contribution < 1.29 is 9.53 Å². The average Bonchev–Trinajstić information content (AvgIpc) is 2.03. The SMILES string of the molecule is COC(=O)[C@H]1CNC[C@@H](C)N1. The summed E-state index contributed by atoms with van der Waals surface area (Å²) in [7, 11) is 1.41. The number of carbonyl (C=O) groups is 1. The molecule has 1 heterocycles. The van der Waals surface area contributed by atoms with E-state index in [1.165, 1.54) is 7.11 Å². The van der Waals surface area contributed by atoms with Gasteiger partial charge in [0.25, 0.3) is 0 Å². The van der Waals surface area contributed by atoms with Gasteiger partial charge < -0.3 is 10.1 Å². The molecule has 64 valence electrons. The predicted molar refractivity (Wildman–Crippen MR) is 41.3 cm³/mol. The fraction of sp³-hybridized carbons (Fsp3) is 0.857. The molecule has 0 spiro atoms. The van der Waals surface area contributed by atoms with E-state index in [0.717, 1.165) is 6.54 Å². The summed E-state index contributed by atoms with van der Waals surface area (Å²) >= 11 is 0. The Kier molecular flexibility index (Phi) is 2.84. The van der Waals surface area contributed by atoms with Gasteiger partial charge in [0.1, 0.15) is 6.04 Å². The van der Waals surface area contributed by atoms with Gasteiger partial charge in [0.05, 0.1) is 7.11 Å². The summed E-state index contributed by atoms with van der Waals surface area (Å²) in [5, 5.41) is 6.27. The molecular weight excluding hydrogens is 144 g/mol. The van der Waals surface area contributed by atoms with Crippen molar-refractivity contribution in [1.29, 1.82) is 0 Å². The van der Waals surface area contributed by atoms with Gasteiger partial charge in [-0.05, 0) is 6.92 Å². The van der Waals surface area contributed by atoms with E-state index in [2.05, 4.69) is 15.4 Å². The maximum atomic E-state index is 11.0. The first kappa shape index (κ1) is 8.49. The molecule has 4 heteroatoms. The molecule has 2 N–H and O–H groups in total. The maximum Gasteiger partial charge on any atom is 0.324 e. The molecule has 0 unspecified atom stereocenters. The van der Waals surface area contributed by atoms with Crippen LogP contribution in [0.25, 0.3) is 0 Å². The van der Waals surface area contributed by atoms with Crippen LogP contribution in [0.2, 0.25) is 0 Å². The molecule has 1 rings (SSSR count). The fourth-order valence-electron chi connectivity index (χ4n) is 1.20. The van der Waals surface area contributed by atoms with Crippen LogP contribution in [-0.2, 0) is 9.53 Å². The lowest BCUT2D eigenvalue weighted by Gasteiger charge is -2.27. The van der Waals surface area contributed by atoms with E-state index in [0.29, 0.717) is 12.6 Å². The molecule has 1 aliphatic rings. The summed E-state index contributed by atoms with van der Waals surface area (Å²) in [6, 6.07) is 0.164. The summed E-state index contributed by atoms with van der Waals surface area (Å²) in [5.41, 5.74) is 0. The number of hydrogen-bond donors (Lipinski definition) is 2. The number of hydrogen-bond acceptors (Lipinski definition) is 4. The Morgan fingerprint density at radius 2 is 2.27 bits per heavy atom. The highest BCUT2D eigenvalue weighted by atomic mass is 16.5. The van der Waals surface area contributed by atoms with Crippen molar-refractivity contribution >= 4 is 5.97 Å². The highest BCUT2D eigenvalue weighted by Gasteiger charge is 2.23. The van der Waals surface area contributed by atoms with Crippen molar-refractivity contribution in [3.63, 3.8) is 0 Å². The molecule has 2 atom stereocenters. The minimum absolute atomic E-state index is 0.177. The highest BCUT2D eigenvalue weighted by Crippen LogP contribution is 1.94. The standard InChI is InChI=1S/C7H14N2O2/c1-5-3-8-4-6(9-5)7(10)11-2/h5-6,8-9H,3-4H2,1-2H3/t5-,6-/m1/s1. The Hall–Kier alpha value is -0.610. The molecule has 1 saturated heterocycles. The van der Waals surface area contributed by atoms with Crippen molar-refractivity contribution in [2.75, 3.05) is 20.2 Å². The number of methoxy groups -OCH3 is 1. The van der Waals surface area contributed by atoms with Crippen LogP contribution in [-0.4, -0.2) is 38.3 Å². The van der Waals surface area contributed by atoms with E-state index in [4.69, 9.17) is 0 Å². The van der Waals surface area contributed by atoms with E-state index >= 15 is 0 Å². The van der Waals surface area contributed by atoms with Gasteiger partial charge in [-0.25, -0.2) is 0 Å². The van der Waals surface area contributed by atoms with Crippen LogP contribution in [0.5, 0.6) is 0 Å². The Morgan fingerprint density at radius 1 is 1.55 bits per heavy atom.